The van der Waals surface area contributed by atoms with Crippen LogP contribution in [0.25, 0.3) is 0 Å². The van der Waals surface area contributed by atoms with Crippen LogP contribution in [-0.2, 0) is 26.2 Å². The summed E-state index contributed by atoms with van der Waals surface area (Å²) in [6.07, 6.45) is 2.19. The molecule has 9 heteroatoms. The smallest absolute Gasteiger partial charge is 0.244 e. The molecule has 0 aliphatic rings. The van der Waals surface area contributed by atoms with Crippen LogP contribution in [0.1, 0.15) is 50.3 Å². The van der Waals surface area contributed by atoms with Gasteiger partial charge in [0.15, 0.2) is 0 Å². The minimum Gasteiger partial charge on any atom is -0.352 e. The second kappa shape index (κ2) is 12.4. The van der Waals surface area contributed by atoms with Crippen LogP contribution < -0.4 is 9.62 Å². The summed E-state index contributed by atoms with van der Waals surface area (Å²) in [5, 5.41) is 3.32. The van der Waals surface area contributed by atoms with Crippen molar-refractivity contribution in [3.8, 4) is 0 Å². The quantitative estimate of drug-likeness (QED) is 0.473. The highest BCUT2D eigenvalue weighted by Crippen LogP contribution is 2.27. The topological polar surface area (TPSA) is 86.8 Å². The number of rotatable bonds is 11. The molecule has 192 valence electrons. The van der Waals surface area contributed by atoms with Gasteiger partial charge in [-0.15, -0.1) is 0 Å². The number of anilines is 1. The standard InChI is InChI=1S/C26H36ClN3O4S/c1-7-20(5)28-26(32)23(8-2)29(16-21-12-9-18(3)10-13-21)25(31)17-30(35(6,33)34)24-15-22(27)14-11-19(24)4/h9-15,20,23H,7-8,16-17H2,1-6H3,(H,28,32)/t20-,23+/m1/s1. The van der Waals surface area contributed by atoms with Crippen molar-refractivity contribution in [3.05, 3.63) is 64.2 Å². The Bertz CT molecular complexity index is 1140. The molecule has 0 saturated carbocycles. The summed E-state index contributed by atoms with van der Waals surface area (Å²) in [7, 11) is -3.81. The predicted octanol–water partition coefficient (Wildman–Crippen LogP) is 4.44. The third-order valence-electron chi connectivity index (χ3n) is 5.98. The minimum absolute atomic E-state index is 0.0468. The summed E-state index contributed by atoms with van der Waals surface area (Å²) in [4.78, 5) is 28.3. The van der Waals surface area contributed by atoms with Crippen molar-refractivity contribution in [2.45, 2.75) is 66.1 Å². The number of carbonyl (C=O) groups excluding carboxylic acids is 2. The third-order valence-corrected chi connectivity index (χ3v) is 7.34. The van der Waals surface area contributed by atoms with Crippen LogP contribution in [0.4, 0.5) is 5.69 Å². The van der Waals surface area contributed by atoms with Crippen molar-refractivity contribution < 1.29 is 18.0 Å². The SMILES string of the molecule is CC[C@@H](C)NC(=O)[C@H](CC)N(Cc1ccc(C)cc1)C(=O)CN(c1cc(Cl)ccc1C)S(C)(=O)=O. The van der Waals surface area contributed by atoms with Gasteiger partial charge in [0.05, 0.1) is 11.9 Å². The van der Waals surface area contributed by atoms with E-state index in [4.69, 9.17) is 11.6 Å². The Labute approximate surface area is 214 Å². The van der Waals surface area contributed by atoms with Gasteiger partial charge in [0.2, 0.25) is 21.8 Å². The molecule has 7 nitrogen and oxygen atoms in total. The monoisotopic (exact) mass is 521 g/mol. The molecular weight excluding hydrogens is 486 g/mol. The Balaban J connectivity index is 2.47. The molecule has 0 saturated heterocycles. The molecule has 0 aliphatic heterocycles. The van der Waals surface area contributed by atoms with Gasteiger partial charge in [-0.3, -0.25) is 13.9 Å². The van der Waals surface area contributed by atoms with Gasteiger partial charge in [0.25, 0.3) is 0 Å². The highest BCUT2D eigenvalue weighted by atomic mass is 35.5. The number of amides is 2. The van der Waals surface area contributed by atoms with Crippen molar-refractivity contribution >= 4 is 39.1 Å². The van der Waals surface area contributed by atoms with E-state index in [0.29, 0.717) is 22.7 Å². The van der Waals surface area contributed by atoms with Crippen LogP contribution in [0, 0.1) is 13.8 Å². The van der Waals surface area contributed by atoms with E-state index in [0.717, 1.165) is 28.1 Å². The van der Waals surface area contributed by atoms with Crippen LogP contribution >= 0.6 is 11.6 Å². The van der Waals surface area contributed by atoms with Gasteiger partial charge in [-0.1, -0.05) is 61.3 Å². The Hall–Kier alpha value is -2.58. The largest absolute Gasteiger partial charge is 0.352 e. The molecule has 35 heavy (non-hydrogen) atoms. The van der Waals surface area contributed by atoms with Crippen LogP contribution in [-0.4, -0.2) is 50.0 Å². The molecule has 1 N–H and O–H groups in total. The van der Waals surface area contributed by atoms with Gasteiger partial charge >= 0.3 is 0 Å². The average Bonchev–Trinajstić information content (AvgIpc) is 2.79. The Morgan fingerprint density at radius 1 is 1.03 bits per heavy atom. The van der Waals surface area contributed by atoms with Crippen molar-refractivity contribution in [3.63, 3.8) is 0 Å². The molecule has 0 radical (unpaired) electrons. The molecule has 2 atom stereocenters. The summed E-state index contributed by atoms with van der Waals surface area (Å²) >= 11 is 6.14. The number of halogens is 1. The lowest BCUT2D eigenvalue weighted by molar-refractivity contribution is -0.140. The molecule has 0 spiro atoms. The van der Waals surface area contributed by atoms with Crippen LogP contribution in [0.3, 0.4) is 0 Å². The Kier molecular flexibility index (Phi) is 10.2. The van der Waals surface area contributed by atoms with E-state index in [1.54, 1.807) is 19.1 Å². The van der Waals surface area contributed by atoms with Crippen LogP contribution in [0.2, 0.25) is 5.02 Å². The zero-order valence-electron chi connectivity index (χ0n) is 21.3. The lowest BCUT2D eigenvalue weighted by Gasteiger charge is -2.33. The van der Waals surface area contributed by atoms with Crippen molar-refractivity contribution in [2.24, 2.45) is 0 Å². The van der Waals surface area contributed by atoms with E-state index in [-0.39, 0.29) is 18.5 Å². The number of aryl methyl sites for hydroxylation is 2. The van der Waals surface area contributed by atoms with E-state index < -0.39 is 28.5 Å². The number of nitrogens with one attached hydrogen (secondary N) is 1. The number of sulfonamides is 1. The normalized spacial score (nSPS) is 13.1. The number of hydrogen-bond acceptors (Lipinski definition) is 4. The zero-order valence-corrected chi connectivity index (χ0v) is 22.9. The molecule has 0 aromatic heterocycles. The average molecular weight is 522 g/mol. The highest BCUT2D eigenvalue weighted by Gasteiger charge is 2.32. The molecule has 2 aromatic carbocycles. The number of carbonyl (C=O) groups is 2. The molecule has 0 unspecified atom stereocenters. The zero-order chi connectivity index (χ0) is 26.3. The van der Waals surface area contributed by atoms with Gasteiger partial charge in [0, 0.05) is 17.6 Å². The summed E-state index contributed by atoms with van der Waals surface area (Å²) in [5.74, 6) is -0.728. The minimum atomic E-state index is -3.81. The van der Waals surface area contributed by atoms with Crippen molar-refractivity contribution in [2.75, 3.05) is 17.1 Å². The summed E-state index contributed by atoms with van der Waals surface area (Å²) in [6.45, 7) is 9.18. The molecule has 2 aromatic rings. The fourth-order valence-corrected chi connectivity index (χ4v) is 4.76. The van der Waals surface area contributed by atoms with Crippen LogP contribution in [0.5, 0.6) is 0 Å². The lowest BCUT2D eigenvalue weighted by atomic mass is 10.1. The first-order valence-electron chi connectivity index (χ1n) is 11.8. The first-order chi connectivity index (χ1) is 16.4. The van der Waals surface area contributed by atoms with Gasteiger partial charge in [0.1, 0.15) is 12.6 Å². The van der Waals surface area contributed by atoms with Gasteiger partial charge < -0.3 is 10.2 Å². The third kappa shape index (κ3) is 7.97. The Morgan fingerprint density at radius 2 is 1.66 bits per heavy atom. The molecule has 2 rings (SSSR count). The van der Waals surface area contributed by atoms with Gasteiger partial charge in [-0.2, -0.15) is 0 Å². The maximum absolute atomic E-state index is 13.7. The van der Waals surface area contributed by atoms with Gasteiger partial charge in [-0.25, -0.2) is 8.42 Å². The van der Waals surface area contributed by atoms with Gasteiger partial charge in [-0.05, 0) is 56.9 Å². The van der Waals surface area contributed by atoms with E-state index in [1.807, 2.05) is 52.0 Å². The fraction of sp³-hybridized carbons (Fsp3) is 0.462. The highest BCUT2D eigenvalue weighted by molar-refractivity contribution is 7.92. The first kappa shape index (κ1) is 28.7. The predicted molar refractivity (Wildman–Crippen MR) is 142 cm³/mol. The molecule has 2 amide bonds. The molecule has 0 bridgehead atoms. The lowest BCUT2D eigenvalue weighted by Crippen LogP contribution is -2.53. The maximum Gasteiger partial charge on any atom is 0.244 e. The van der Waals surface area contributed by atoms with Crippen LogP contribution in [0.15, 0.2) is 42.5 Å². The number of benzene rings is 2. The Morgan fingerprint density at radius 3 is 2.20 bits per heavy atom. The van der Waals surface area contributed by atoms with E-state index in [1.165, 1.54) is 11.0 Å². The van der Waals surface area contributed by atoms with Crippen molar-refractivity contribution in [1.82, 2.24) is 10.2 Å². The number of hydrogen-bond donors (Lipinski definition) is 1. The summed E-state index contributed by atoms with van der Waals surface area (Å²) < 4.78 is 26.5. The second-order valence-corrected chi connectivity index (χ2v) is 11.3. The fourth-order valence-electron chi connectivity index (χ4n) is 3.70. The number of nitrogens with zero attached hydrogens (tertiary/aromatic N) is 2. The van der Waals surface area contributed by atoms with E-state index >= 15 is 0 Å². The molecular formula is C26H36ClN3O4S. The molecule has 0 aliphatic carbocycles. The molecule has 0 fully saturated rings. The van der Waals surface area contributed by atoms with E-state index in [9.17, 15) is 18.0 Å². The van der Waals surface area contributed by atoms with E-state index in [2.05, 4.69) is 5.32 Å². The summed E-state index contributed by atoms with van der Waals surface area (Å²) in [6, 6.07) is 11.8. The second-order valence-electron chi connectivity index (χ2n) is 8.95. The maximum atomic E-state index is 13.7. The first-order valence-corrected chi connectivity index (χ1v) is 14.0. The van der Waals surface area contributed by atoms with Crippen molar-refractivity contribution in [1.29, 1.82) is 0 Å². The summed E-state index contributed by atoms with van der Waals surface area (Å²) in [5.41, 5.74) is 2.93. The molecule has 0 heterocycles.